The first-order valence-corrected chi connectivity index (χ1v) is 11.0. The molecule has 0 spiro atoms. The number of likely N-dealkylation sites (tertiary alicyclic amines) is 1. The van der Waals surface area contributed by atoms with Crippen molar-refractivity contribution < 1.29 is 24.2 Å². The van der Waals surface area contributed by atoms with Gasteiger partial charge in [0.2, 0.25) is 0 Å². The number of aliphatic hydroxyl groups is 1. The summed E-state index contributed by atoms with van der Waals surface area (Å²) in [6.07, 6.45) is 0.544. The summed E-state index contributed by atoms with van der Waals surface area (Å²) in [5.41, 5.74) is 3.30. The van der Waals surface area contributed by atoms with Gasteiger partial charge >= 0.3 is 0 Å². The number of methoxy groups -OCH3 is 2. The Kier molecular flexibility index (Phi) is 6.68. The third-order valence-electron chi connectivity index (χ3n) is 6.07. The molecule has 4 rings (SSSR count). The summed E-state index contributed by atoms with van der Waals surface area (Å²) in [7, 11) is 3.17. The van der Waals surface area contributed by atoms with Crippen LogP contribution in [0.1, 0.15) is 28.3 Å². The van der Waals surface area contributed by atoms with Crippen LogP contribution in [0.3, 0.4) is 0 Å². The maximum Gasteiger partial charge on any atom is 0.295 e. The maximum atomic E-state index is 13.2. The topological polar surface area (TPSA) is 76.1 Å². The molecule has 3 aromatic carbocycles. The minimum atomic E-state index is -0.727. The summed E-state index contributed by atoms with van der Waals surface area (Å²) in [5.74, 6) is -0.152. The summed E-state index contributed by atoms with van der Waals surface area (Å²) in [5, 5.41) is 11.2. The van der Waals surface area contributed by atoms with Crippen LogP contribution in [0.5, 0.6) is 11.5 Å². The second kappa shape index (κ2) is 9.83. The Morgan fingerprint density at radius 2 is 1.59 bits per heavy atom. The number of carbonyl (C=O) groups excluding carboxylic acids is 2. The van der Waals surface area contributed by atoms with Crippen molar-refractivity contribution in [3.8, 4) is 11.5 Å². The van der Waals surface area contributed by atoms with Crippen molar-refractivity contribution in [2.24, 2.45) is 0 Å². The van der Waals surface area contributed by atoms with E-state index in [4.69, 9.17) is 9.47 Å². The summed E-state index contributed by atoms with van der Waals surface area (Å²) in [4.78, 5) is 27.8. The second-order valence-electron chi connectivity index (χ2n) is 8.23. The molecule has 6 nitrogen and oxygen atoms in total. The average Bonchev–Trinajstić information content (AvgIpc) is 3.12. The van der Waals surface area contributed by atoms with Gasteiger partial charge in [-0.05, 0) is 48.7 Å². The van der Waals surface area contributed by atoms with Gasteiger partial charge in [0.25, 0.3) is 11.7 Å². The van der Waals surface area contributed by atoms with E-state index in [0.717, 1.165) is 16.9 Å². The lowest BCUT2D eigenvalue weighted by Crippen LogP contribution is -2.31. The minimum absolute atomic E-state index is 0.0804. The quantitative estimate of drug-likeness (QED) is 0.317. The highest BCUT2D eigenvalue weighted by molar-refractivity contribution is 6.46. The Morgan fingerprint density at radius 3 is 2.24 bits per heavy atom. The van der Waals surface area contributed by atoms with Crippen LogP contribution in [0.15, 0.2) is 78.4 Å². The fourth-order valence-electron chi connectivity index (χ4n) is 4.18. The molecule has 1 aliphatic heterocycles. The van der Waals surface area contributed by atoms with E-state index >= 15 is 0 Å². The van der Waals surface area contributed by atoms with E-state index in [1.165, 1.54) is 4.90 Å². The molecule has 3 aromatic rings. The van der Waals surface area contributed by atoms with Gasteiger partial charge in [0.15, 0.2) is 0 Å². The standard InChI is InChI=1S/C28H27NO5/c1-18-7-11-20(12-8-18)26(30)24-25(21-5-4-6-23(17-21)34-3)29(28(32)27(24)31)16-15-19-9-13-22(33-2)14-10-19/h4-14,17,25,30H,15-16H2,1-3H3/b26-24-. The number of hydrogen-bond acceptors (Lipinski definition) is 5. The molecule has 0 bridgehead atoms. The van der Waals surface area contributed by atoms with Crippen molar-refractivity contribution in [1.29, 1.82) is 0 Å². The molecule has 0 radical (unpaired) electrons. The smallest absolute Gasteiger partial charge is 0.295 e. The van der Waals surface area contributed by atoms with Gasteiger partial charge in [-0.25, -0.2) is 0 Å². The van der Waals surface area contributed by atoms with E-state index in [9.17, 15) is 14.7 Å². The molecule has 1 saturated heterocycles. The van der Waals surface area contributed by atoms with Gasteiger partial charge in [0.1, 0.15) is 17.3 Å². The number of benzene rings is 3. The first-order valence-electron chi connectivity index (χ1n) is 11.0. The average molecular weight is 458 g/mol. The molecule has 0 aliphatic carbocycles. The van der Waals surface area contributed by atoms with Gasteiger partial charge in [-0.15, -0.1) is 0 Å². The van der Waals surface area contributed by atoms with E-state index < -0.39 is 17.7 Å². The largest absolute Gasteiger partial charge is 0.507 e. The van der Waals surface area contributed by atoms with Crippen LogP contribution in [0.4, 0.5) is 0 Å². The second-order valence-corrected chi connectivity index (χ2v) is 8.23. The van der Waals surface area contributed by atoms with E-state index in [0.29, 0.717) is 29.8 Å². The Labute approximate surface area is 199 Å². The zero-order valence-corrected chi connectivity index (χ0v) is 19.4. The number of hydrogen-bond donors (Lipinski definition) is 1. The molecule has 1 N–H and O–H groups in total. The molecule has 0 saturated carbocycles. The van der Waals surface area contributed by atoms with Crippen LogP contribution in [0.25, 0.3) is 5.76 Å². The van der Waals surface area contributed by atoms with Crippen LogP contribution in [0.2, 0.25) is 0 Å². The van der Waals surface area contributed by atoms with E-state index in [1.807, 2.05) is 55.5 Å². The van der Waals surface area contributed by atoms with Crippen LogP contribution in [-0.2, 0) is 16.0 Å². The van der Waals surface area contributed by atoms with Crippen molar-refractivity contribution in [2.75, 3.05) is 20.8 Å². The lowest BCUT2D eigenvalue weighted by atomic mass is 9.94. The molecule has 0 aromatic heterocycles. The predicted molar refractivity (Wildman–Crippen MR) is 130 cm³/mol. The zero-order valence-electron chi connectivity index (χ0n) is 19.4. The molecule has 1 unspecified atom stereocenters. The van der Waals surface area contributed by atoms with Crippen molar-refractivity contribution in [2.45, 2.75) is 19.4 Å². The Morgan fingerprint density at radius 1 is 0.912 bits per heavy atom. The highest BCUT2D eigenvalue weighted by Gasteiger charge is 2.45. The molecular formula is C28H27NO5. The van der Waals surface area contributed by atoms with Crippen LogP contribution < -0.4 is 9.47 Å². The first-order chi connectivity index (χ1) is 16.4. The molecule has 174 valence electrons. The molecule has 6 heteroatoms. The Balaban J connectivity index is 1.75. The molecular weight excluding hydrogens is 430 g/mol. The van der Waals surface area contributed by atoms with Crippen LogP contribution >= 0.6 is 0 Å². The Hall–Kier alpha value is -4.06. The first kappa shape index (κ1) is 23.1. The van der Waals surface area contributed by atoms with Gasteiger partial charge in [0.05, 0.1) is 25.8 Å². The molecule has 1 atom stereocenters. The third-order valence-corrected chi connectivity index (χ3v) is 6.07. The van der Waals surface area contributed by atoms with Crippen LogP contribution in [-0.4, -0.2) is 42.5 Å². The van der Waals surface area contributed by atoms with E-state index in [-0.39, 0.29) is 11.3 Å². The van der Waals surface area contributed by atoms with Crippen LogP contribution in [0, 0.1) is 6.92 Å². The summed E-state index contributed by atoms with van der Waals surface area (Å²) < 4.78 is 10.6. The number of aliphatic hydroxyl groups excluding tert-OH is 1. The summed E-state index contributed by atoms with van der Waals surface area (Å²) in [6, 6.07) is 21.3. The van der Waals surface area contributed by atoms with E-state index in [1.54, 1.807) is 38.5 Å². The fraction of sp³-hybridized carbons (Fsp3) is 0.214. The van der Waals surface area contributed by atoms with Crippen molar-refractivity contribution in [3.05, 3.63) is 101 Å². The number of ketones is 1. The van der Waals surface area contributed by atoms with Gasteiger partial charge in [0, 0.05) is 12.1 Å². The van der Waals surface area contributed by atoms with E-state index in [2.05, 4.69) is 0 Å². The normalized spacial score (nSPS) is 17.1. The van der Waals surface area contributed by atoms with Crippen molar-refractivity contribution in [3.63, 3.8) is 0 Å². The fourth-order valence-corrected chi connectivity index (χ4v) is 4.18. The number of carbonyl (C=O) groups is 2. The number of nitrogens with zero attached hydrogens (tertiary/aromatic N) is 1. The number of amides is 1. The number of Topliss-reactive ketones (excluding diaryl/α,β-unsaturated/α-hetero) is 1. The van der Waals surface area contributed by atoms with Gasteiger partial charge in [-0.3, -0.25) is 9.59 Å². The predicted octanol–water partition coefficient (Wildman–Crippen LogP) is 4.68. The van der Waals surface area contributed by atoms with Crippen molar-refractivity contribution in [1.82, 2.24) is 4.90 Å². The number of aryl methyl sites for hydroxylation is 1. The summed E-state index contributed by atoms with van der Waals surface area (Å²) in [6.45, 7) is 2.25. The highest BCUT2D eigenvalue weighted by Crippen LogP contribution is 2.40. The highest BCUT2D eigenvalue weighted by atomic mass is 16.5. The lowest BCUT2D eigenvalue weighted by Gasteiger charge is -2.25. The Bertz CT molecular complexity index is 1230. The number of ether oxygens (including phenoxy) is 2. The molecule has 1 aliphatic rings. The molecule has 34 heavy (non-hydrogen) atoms. The lowest BCUT2D eigenvalue weighted by molar-refractivity contribution is -0.139. The monoisotopic (exact) mass is 457 g/mol. The summed E-state index contributed by atoms with van der Waals surface area (Å²) >= 11 is 0. The third kappa shape index (κ3) is 4.53. The zero-order chi connectivity index (χ0) is 24.2. The molecule has 1 heterocycles. The number of rotatable bonds is 7. The molecule has 1 amide bonds. The maximum absolute atomic E-state index is 13.2. The van der Waals surface area contributed by atoms with Crippen molar-refractivity contribution >= 4 is 17.4 Å². The SMILES string of the molecule is COc1ccc(CCN2C(=O)C(=O)/C(=C(\O)c3ccc(C)cc3)C2c2cccc(OC)c2)cc1. The van der Waals surface area contributed by atoms with Gasteiger partial charge in [-0.1, -0.05) is 54.1 Å². The van der Waals surface area contributed by atoms with Gasteiger partial charge in [-0.2, -0.15) is 0 Å². The molecule has 1 fully saturated rings. The van der Waals surface area contributed by atoms with Gasteiger partial charge < -0.3 is 19.5 Å². The minimum Gasteiger partial charge on any atom is -0.507 e.